The van der Waals surface area contributed by atoms with E-state index in [-0.39, 0.29) is 29.1 Å². The average Bonchev–Trinajstić information content (AvgIpc) is 3.11. The lowest BCUT2D eigenvalue weighted by Gasteiger charge is -2.23. The summed E-state index contributed by atoms with van der Waals surface area (Å²) < 4.78 is 45.9. The van der Waals surface area contributed by atoms with Gasteiger partial charge >= 0.3 is 6.18 Å². The molecule has 0 spiro atoms. The molecular weight excluding hydrogens is 333 g/mol. The first-order valence-corrected chi connectivity index (χ1v) is 8.62. The summed E-state index contributed by atoms with van der Waals surface area (Å²) in [4.78, 5) is 4.23. The number of aromatic nitrogens is 1. The Labute approximate surface area is 144 Å². The molecule has 1 aliphatic carbocycles. The van der Waals surface area contributed by atoms with Gasteiger partial charge < -0.3 is 14.8 Å². The van der Waals surface area contributed by atoms with Crippen molar-refractivity contribution < 1.29 is 22.7 Å². The highest BCUT2D eigenvalue weighted by Gasteiger charge is 2.36. The molecule has 3 atom stereocenters. The molecule has 3 rings (SSSR count). The van der Waals surface area contributed by atoms with Gasteiger partial charge in [-0.3, -0.25) is 0 Å². The molecule has 2 aromatic rings. The summed E-state index contributed by atoms with van der Waals surface area (Å²) in [6.45, 7) is 5.45. The largest absolute Gasteiger partial charge is 0.440 e. The van der Waals surface area contributed by atoms with Gasteiger partial charge in [-0.05, 0) is 43.9 Å². The first-order valence-electron chi connectivity index (χ1n) is 8.62. The molecule has 0 aliphatic heterocycles. The van der Waals surface area contributed by atoms with Gasteiger partial charge in [0, 0.05) is 18.0 Å². The molecule has 1 unspecified atom stereocenters. The lowest BCUT2D eigenvalue weighted by molar-refractivity contribution is -0.136. The van der Waals surface area contributed by atoms with Crippen LogP contribution in [0.3, 0.4) is 0 Å². The van der Waals surface area contributed by atoms with Crippen molar-refractivity contribution in [3.8, 4) is 0 Å². The Morgan fingerprint density at radius 3 is 2.52 bits per heavy atom. The summed E-state index contributed by atoms with van der Waals surface area (Å²) in [5, 5.41) is 13.2. The zero-order valence-electron chi connectivity index (χ0n) is 14.5. The number of oxazole rings is 1. The maximum Gasteiger partial charge on any atom is 0.420 e. The fourth-order valence-electron chi connectivity index (χ4n) is 3.33. The van der Waals surface area contributed by atoms with Crippen molar-refractivity contribution in [2.75, 3.05) is 0 Å². The second-order valence-electron chi connectivity index (χ2n) is 7.11. The minimum atomic E-state index is -4.52. The molecular formula is C18H23F3N2O2. The van der Waals surface area contributed by atoms with E-state index < -0.39 is 17.8 Å². The minimum absolute atomic E-state index is 0.0939. The molecule has 0 saturated heterocycles. The zero-order chi connectivity index (χ0) is 18.4. The maximum atomic E-state index is 13.5. The van der Waals surface area contributed by atoms with Gasteiger partial charge in [0.2, 0.25) is 0 Å². The van der Waals surface area contributed by atoms with Gasteiger partial charge in [0.25, 0.3) is 0 Å². The van der Waals surface area contributed by atoms with E-state index in [9.17, 15) is 18.3 Å². The number of rotatable bonds is 4. The second-order valence-corrected chi connectivity index (χ2v) is 7.11. The number of nitrogens with zero attached hydrogens (tertiary/aromatic N) is 1. The Kier molecular flexibility index (Phi) is 4.81. The van der Waals surface area contributed by atoms with Crippen LogP contribution in [0.2, 0.25) is 0 Å². The fraction of sp³-hybridized carbons (Fsp3) is 0.611. The normalized spacial score (nSPS) is 22.9. The van der Waals surface area contributed by atoms with E-state index in [0.717, 1.165) is 25.3 Å². The number of hydrogen-bond acceptors (Lipinski definition) is 4. The number of fused-ring (bicyclic) bond motifs is 1. The molecule has 0 radical (unpaired) electrons. The Balaban J connectivity index is 2.00. The van der Waals surface area contributed by atoms with Crippen molar-refractivity contribution in [1.82, 2.24) is 10.3 Å². The highest BCUT2D eigenvalue weighted by molar-refractivity contribution is 5.78. The monoisotopic (exact) mass is 356 g/mol. The third-order valence-corrected chi connectivity index (χ3v) is 4.77. The van der Waals surface area contributed by atoms with Gasteiger partial charge in [0.05, 0.1) is 6.10 Å². The summed E-state index contributed by atoms with van der Waals surface area (Å²) in [7, 11) is 0. The van der Waals surface area contributed by atoms with Gasteiger partial charge in [-0.1, -0.05) is 13.8 Å². The van der Waals surface area contributed by atoms with E-state index in [4.69, 9.17) is 4.42 Å². The van der Waals surface area contributed by atoms with Gasteiger partial charge in [0.1, 0.15) is 11.1 Å². The molecule has 1 aliphatic rings. The van der Waals surface area contributed by atoms with Crippen LogP contribution in [0.25, 0.3) is 11.1 Å². The highest BCUT2D eigenvalue weighted by Crippen LogP contribution is 2.38. The van der Waals surface area contributed by atoms with Crippen molar-refractivity contribution >= 4 is 11.1 Å². The van der Waals surface area contributed by atoms with Crippen LogP contribution in [0.4, 0.5) is 13.2 Å². The minimum Gasteiger partial charge on any atom is -0.440 e. The first kappa shape index (κ1) is 18.2. The molecule has 2 N–H and O–H groups in total. The van der Waals surface area contributed by atoms with E-state index in [2.05, 4.69) is 10.3 Å². The third-order valence-electron chi connectivity index (χ3n) is 4.77. The predicted octanol–water partition coefficient (Wildman–Crippen LogP) is 4.53. The maximum absolute atomic E-state index is 13.5. The number of alkyl halides is 3. The summed E-state index contributed by atoms with van der Waals surface area (Å²) in [5.74, 6) is 0.200. The number of aliphatic hydroxyl groups excluding tert-OH is 1. The smallest absolute Gasteiger partial charge is 0.420 e. The SMILES string of the molecule is CC(C)c1nc2cc(C(C)N[C@H]3CCC[C@H]3O)cc(C(F)(F)F)c2o1. The molecule has 0 amide bonds. The van der Waals surface area contributed by atoms with E-state index in [0.29, 0.717) is 11.5 Å². The molecule has 7 heteroatoms. The number of hydrogen-bond donors (Lipinski definition) is 2. The van der Waals surface area contributed by atoms with Crippen LogP contribution >= 0.6 is 0 Å². The highest BCUT2D eigenvalue weighted by atomic mass is 19.4. The van der Waals surface area contributed by atoms with Crippen LogP contribution < -0.4 is 5.32 Å². The molecule has 0 bridgehead atoms. The Bertz CT molecular complexity index is 755. The molecule has 1 heterocycles. The summed E-state index contributed by atoms with van der Waals surface area (Å²) in [5.41, 5.74) is -0.315. The molecule has 25 heavy (non-hydrogen) atoms. The molecule has 1 aromatic carbocycles. The Morgan fingerprint density at radius 2 is 1.96 bits per heavy atom. The van der Waals surface area contributed by atoms with Gasteiger partial charge in [-0.15, -0.1) is 0 Å². The number of benzene rings is 1. The van der Waals surface area contributed by atoms with Crippen molar-refractivity contribution in [1.29, 1.82) is 0 Å². The van der Waals surface area contributed by atoms with E-state index in [1.54, 1.807) is 13.0 Å². The summed E-state index contributed by atoms with van der Waals surface area (Å²) in [6, 6.07) is 2.33. The third kappa shape index (κ3) is 3.67. The second kappa shape index (κ2) is 6.61. The lowest BCUT2D eigenvalue weighted by Crippen LogP contribution is -2.37. The lowest BCUT2D eigenvalue weighted by atomic mass is 10.0. The van der Waals surface area contributed by atoms with Crippen LogP contribution in [0.1, 0.15) is 69.0 Å². The quantitative estimate of drug-likeness (QED) is 0.845. The van der Waals surface area contributed by atoms with Crippen LogP contribution in [-0.2, 0) is 6.18 Å². The Hall–Kier alpha value is -1.60. The topological polar surface area (TPSA) is 58.3 Å². The molecule has 1 fully saturated rings. The van der Waals surface area contributed by atoms with E-state index in [1.165, 1.54) is 0 Å². The predicted molar refractivity (Wildman–Crippen MR) is 88.3 cm³/mol. The number of halogens is 3. The van der Waals surface area contributed by atoms with Crippen molar-refractivity contribution in [3.63, 3.8) is 0 Å². The zero-order valence-corrected chi connectivity index (χ0v) is 14.5. The van der Waals surface area contributed by atoms with E-state index >= 15 is 0 Å². The molecule has 4 nitrogen and oxygen atoms in total. The Morgan fingerprint density at radius 1 is 1.24 bits per heavy atom. The fourth-order valence-corrected chi connectivity index (χ4v) is 3.33. The van der Waals surface area contributed by atoms with Crippen molar-refractivity contribution in [3.05, 3.63) is 29.2 Å². The van der Waals surface area contributed by atoms with Crippen LogP contribution in [0, 0.1) is 0 Å². The first-order chi connectivity index (χ1) is 11.7. The van der Waals surface area contributed by atoms with Crippen molar-refractivity contribution in [2.45, 2.75) is 70.3 Å². The van der Waals surface area contributed by atoms with Crippen molar-refractivity contribution in [2.24, 2.45) is 0 Å². The van der Waals surface area contributed by atoms with Gasteiger partial charge in [0.15, 0.2) is 11.5 Å². The number of aliphatic hydroxyl groups is 1. The number of nitrogens with one attached hydrogen (secondary N) is 1. The molecule has 1 saturated carbocycles. The van der Waals surface area contributed by atoms with E-state index in [1.807, 2.05) is 13.8 Å². The average molecular weight is 356 g/mol. The van der Waals surface area contributed by atoms with Gasteiger partial charge in [-0.25, -0.2) is 4.98 Å². The molecule has 1 aromatic heterocycles. The van der Waals surface area contributed by atoms with Crippen LogP contribution in [-0.4, -0.2) is 22.2 Å². The summed E-state index contributed by atoms with van der Waals surface area (Å²) in [6.07, 6.45) is -2.51. The summed E-state index contributed by atoms with van der Waals surface area (Å²) >= 11 is 0. The van der Waals surface area contributed by atoms with Gasteiger partial charge in [-0.2, -0.15) is 13.2 Å². The van der Waals surface area contributed by atoms with Crippen LogP contribution in [0.5, 0.6) is 0 Å². The standard InChI is InChI=1S/C18H23F3N2O2/c1-9(2)17-23-14-8-11(7-12(16(14)25-17)18(19,20)21)10(3)22-13-5-4-6-15(13)24/h7-10,13,15,22,24H,4-6H2,1-3H3/t10?,13-,15+/m0/s1. The molecule has 138 valence electrons. The van der Waals surface area contributed by atoms with Crippen LogP contribution in [0.15, 0.2) is 16.5 Å².